The Balaban J connectivity index is 1.77. The lowest BCUT2D eigenvalue weighted by atomic mass is 9.86. The molecule has 0 saturated heterocycles. The number of hydrogen-bond acceptors (Lipinski definition) is 8. The molecular formula is C19H23N3O6S. The van der Waals surface area contributed by atoms with Gasteiger partial charge in [-0.05, 0) is 31.4 Å². The molecule has 1 fully saturated rings. The minimum Gasteiger partial charge on any atom is -0.481 e. The van der Waals surface area contributed by atoms with E-state index in [2.05, 4.69) is 14.7 Å². The molecule has 1 N–H and O–H groups in total. The topological polar surface area (TPSA) is 117 Å². The minimum absolute atomic E-state index is 0.0109. The molecule has 156 valence electrons. The number of nitrogens with zero attached hydrogens (tertiary/aromatic N) is 2. The molecule has 29 heavy (non-hydrogen) atoms. The normalized spacial score (nSPS) is 19.2. The van der Waals surface area contributed by atoms with Crippen molar-refractivity contribution in [1.82, 2.24) is 14.7 Å². The summed E-state index contributed by atoms with van der Waals surface area (Å²) in [4.78, 5) is 21.1. The molecule has 1 aliphatic carbocycles. The molecule has 0 unspecified atom stereocenters. The number of hydrogen-bond donors (Lipinski definition) is 1. The second-order valence-corrected chi connectivity index (χ2v) is 8.25. The van der Waals surface area contributed by atoms with E-state index in [9.17, 15) is 13.2 Å². The summed E-state index contributed by atoms with van der Waals surface area (Å²) in [5, 5.41) is 0. The van der Waals surface area contributed by atoms with Crippen molar-refractivity contribution in [3.63, 3.8) is 0 Å². The highest BCUT2D eigenvalue weighted by Crippen LogP contribution is 2.29. The molecule has 1 aromatic heterocycles. The van der Waals surface area contributed by atoms with Gasteiger partial charge in [0.15, 0.2) is 0 Å². The van der Waals surface area contributed by atoms with Gasteiger partial charge in [0.25, 0.3) is 10.0 Å². The van der Waals surface area contributed by atoms with Gasteiger partial charge in [0.05, 0.1) is 31.1 Å². The molecule has 1 heterocycles. The number of rotatable bonds is 7. The van der Waals surface area contributed by atoms with Crippen LogP contribution < -0.4 is 18.9 Å². The van der Waals surface area contributed by atoms with E-state index in [1.807, 2.05) is 0 Å². The first-order valence-corrected chi connectivity index (χ1v) is 10.7. The van der Waals surface area contributed by atoms with Gasteiger partial charge in [0.2, 0.25) is 17.7 Å². The van der Waals surface area contributed by atoms with Gasteiger partial charge in [0, 0.05) is 0 Å². The maximum Gasteiger partial charge on any atom is 0.323 e. The van der Waals surface area contributed by atoms with Crippen molar-refractivity contribution < 1.29 is 27.4 Å². The SMILES string of the molecule is COc1cc(OC)nc(O[C@@H]2CCCC[C@H]2C(=O)NS(=O)(=O)c2ccccc2)n1. The highest BCUT2D eigenvalue weighted by atomic mass is 32.2. The molecule has 10 heteroatoms. The fourth-order valence-electron chi connectivity index (χ4n) is 3.19. The molecule has 1 amide bonds. The smallest absolute Gasteiger partial charge is 0.323 e. The summed E-state index contributed by atoms with van der Waals surface area (Å²) in [6.45, 7) is 0. The van der Waals surface area contributed by atoms with Gasteiger partial charge < -0.3 is 14.2 Å². The number of methoxy groups -OCH3 is 2. The van der Waals surface area contributed by atoms with Crippen molar-refractivity contribution in [1.29, 1.82) is 0 Å². The van der Waals surface area contributed by atoms with Crippen molar-refractivity contribution >= 4 is 15.9 Å². The largest absolute Gasteiger partial charge is 0.481 e. The Hall–Kier alpha value is -2.88. The van der Waals surface area contributed by atoms with Crippen molar-refractivity contribution in [2.24, 2.45) is 5.92 Å². The summed E-state index contributed by atoms with van der Waals surface area (Å²) in [7, 11) is -1.04. The van der Waals surface area contributed by atoms with Crippen molar-refractivity contribution in [2.75, 3.05) is 14.2 Å². The van der Waals surface area contributed by atoms with Crippen LogP contribution in [-0.4, -0.2) is 44.6 Å². The van der Waals surface area contributed by atoms with Gasteiger partial charge >= 0.3 is 6.01 Å². The van der Waals surface area contributed by atoms with Crippen molar-refractivity contribution in [3.8, 4) is 17.8 Å². The van der Waals surface area contributed by atoms with Crippen molar-refractivity contribution in [3.05, 3.63) is 36.4 Å². The van der Waals surface area contributed by atoms with Gasteiger partial charge in [-0.1, -0.05) is 24.6 Å². The molecule has 1 aromatic carbocycles. The number of aromatic nitrogens is 2. The summed E-state index contributed by atoms with van der Waals surface area (Å²) in [6.07, 6.45) is 2.16. The predicted octanol–water partition coefficient (Wildman–Crippen LogP) is 1.94. The summed E-state index contributed by atoms with van der Waals surface area (Å²) < 4.78 is 43.2. The molecule has 9 nitrogen and oxygen atoms in total. The number of ether oxygens (including phenoxy) is 3. The van der Waals surface area contributed by atoms with E-state index in [1.54, 1.807) is 18.2 Å². The molecular weight excluding hydrogens is 398 g/mol. The molecule has 0 bridgehead atoms. The first kappa shape index (κ1) is 20.8. The van der Waals surface area contributed by atoms with E-state index in [0.29, 0.717) is 12.8 Å². The number of amides is 1. The maximum absolute atomic E-state index is 12.8. The Morgan fingerprint density at radius 2 is 1.66 bits per heavy atom. The zero-order valence-electron chi connectivity index (χ0n) is 16.2. The third kappa shape index (κ3) is 5.14. The van der Waals surface area contributed by atoms with E-state index in [0.717, 1.165) is 12.8 Å². The van der Waals surface area contributed by atoms with Crippen LogP contribution in [0.15, 0.2) is 41.3 Å². The van der Waals surface area contributed by atoms with Crippen LogP contribution in [0, 0.1) is 5.92 Å². The Kier molecular flexibility index (Phi) is 6.53. The first-order chi connectivity index (χ1) is 13.9. The third-order valence-electron chi connectivity index (χ3n) is 4.66. The number of carbonyl (C=O) groups is 1. The van der Waals surface area contributed by atoms with Crippen LogP contribution in [0.25, 0.3) is 0 Å². The van der Waals surface area contributed by atoms with Crippen LogP contribution in [-0.2, 0) is 14.8 Å². The van der Waals surface area contributed by atoms with Crippen LogP contribution in [0.5, 0.6) is 17.8 Å². The lowest BCUT2D eigenvalue weighted by molar-refractivity contribution is -0.127. The lowest BCUT2D eigenvalue weighted by Crippen LogP contribution is -2.44. The zero-order valence-corrected chi connectivity index (χ0v) is 17.0. The summed E-state index contributed by atoms with van der Waals surface area (Å²) in [5.74, 6) is -0.734. The number of benzene rings is 1. The average Bonchev–Trinajstić information content (AvgIpc) is 2.74. The van der Waals surface area contributed by atoms with Gasteiger partial charge in [0.1, 0.15) is 6.10 Å². The van der Waals surface area contributed by atoms with Gasteiger partial charge in [-0.25, -0.2) is 13.1 Å². The number of nitrogens with one attached hydrogen (secondary N) is 1. The molecule has 2 atom stereocenters. The predicted molar refractivity (Wildman–Crippen MR) is 103 cm³/mol. The fraction of sp³-hybridized carbons (Fsp3) is 0.421. The molecule has 2 aromatic rings. The Morgan fingerprint density at radius 1 is 1.03 bits per heavy atom. The third-order valence-corrected chi connectivity index (χ3v) is 6.02. The van der Waals surface area contributed by atoms with Crippen LogP contribution in [0.4, 0.5) is 0 Å². The summed E-state index contributed by atoms with van der Waals surface area (Å²) >= 11 is 0. The highest BCUT2D eigenvalue weighted by Gasteiger charge is 2.35. The summed E-state index contributed by atoms with van der Waals surface area (Å²) in [5.41, 5.74) is 0. The number of sulfonamides is 1. The van der Waals surface area contributed by atoms with Crippen molar-refractivity contribution in [2.45, 2.75) is 36.7 Å². The zero-order chi connectivity index (χ0) is 20.9. The van der Waals surface area contributed by atoms with Crippen LogP contribution >= 0.6 is 0 Å². The van der Waals surface area contributed by atoms with Crippen LogP contribution in [0.1, 0.15) is 25.7 Å². The molecule has 0 radical (unpaired) electrons. The minimum atomic E-state index is -3.95. The Morgan fingerprint density at radius 3 is 2.28 bits per heavy atom. The Bertz CT molecular complexity index is 929. The van der Waals surface area contributed by atoms with E-state index >= 15 is 0 Å². The summed E-state index contributed by atoms with van der Waals surface area (Å²) in [6, 6.07) is 9.27. The van der Waals surface area contributed by atoms with E-state index in [1.165, 1.54) is 32.4 Å². The van der Waals surface area contributed by atoms with E-state index in [-0.39, 0.29) is 22.7 Å². The lowest BCUT2D eigenvalue weighted by Gasteiger charge is -2.30. The molecule has 0 spiro atoms. The highest BCUT2D eigenvalue weighted by molar-refractivity contribution is 7.90. The quantitative estimate of drug-likeness (QED) is 0.721. The van der Waals surface area contributed by atoms with Gasteiger partial charge in [-0.3, -0.25) is 4.79 Å². The van der Waals surface area contributed by atoms with Crippen LogP contribution in [0.2, 0.25) is 0 Å². The molecule has 0 aliphatic heterocycles. The monoisotopic (exact) mass is 421 g/mol. The van der Waals surface area contributed by atoms with E-state index in [4.69, 9.17) is 14.2 Å². The van der Waals surface area contributed by atoms with Crippen LogP contribution in [0.3, 0.4) is 0 Å². The van der Waals surface area contributed by atoms with Gasteiger partial charge in [-0.2, -0.15) is 9.97 Å². The standard InChI is InChI=1S/C19H23N3O6S/c1-26-16-12-17(27-2)21-19(20-16)28-15-11-7-6-10-14(15)18(23)22-29(24,25)13-8-4-3-5-9-13/h3-5,8-9,12,14-15H,6-7,10-11H2,1-2H3,(H,22,23)/t14-,15-/m1/s1. The molecule has 3 rings (SSSR count). The Labute approximate surface area is 169 Å². The maximum atomic E-state index is 12.8. The van der Waals surface area contributed by atoms with E-state index < -0.39 is 28.0 Å². The van der Waals surface area contributed by atoms with Gasteiger partial charge in [-0.15, -0.1) is 0 Å². The average molecular weight is 421 g/mol. The second-order valence-electron chi connectivity index (χ2n) is 6.57. The second kappa shape index (κ2) is 9.08. The molecule has 1 saturated carbocycles. The molecule has 1 aliphatic rings. The first-order valence-electron chi connectivity index (χ1n) is 9.18. The number of carbonyl (C=O) groups excluding carboxylic acids is 1. The fourth-order valence-corrected chi connectivity index (χ4v) is 4.24.